The summed E-state index contributed by atoms with van der Waals surface area (Å²) in [6.45, 7) is 1.04. The van der Waals surface area contributed by atoms with Crippen molar-refractivity contribution in [1.82, 2.24) is 5.32 Å². The van der Waals surface area contributed by atoms with Crippen LogP contribution in [0.15, 0.2) is 0 Å². The summed E-state index contributed by atoms with van der Waals surface area (Å²) in [5.41, 5.74) is 0. The smallest absolute Gasteiger partial charge is 1.00 e. The van der Waals surface area contributed by atoms with Crippen molar-refractivity contribution in [2.75, 3.05) is 0 Å². The van der Waals surface area contributed by atoms with E-state index in [2.05, 4.69) is 0 Å². The van der Waals surface area contributed by atoms with Gasteiger partial charge in [0.1, 0.15) is 0 Å². The Hall–Kier alpha value is -0.0186. The summed E-state index contributed by atoms with van der Waals surface area (Å²) in [7, 11) is 0. The molecule has 0 aliphatic heterocycles. The van der Waals surface area contributed by atoms with Gasteiger partial charge in [-0.25, -0.2) is 9.59 Å². The number of carboxylic acid groups (broad SMARTS) is 2. The molecule has 0 aromatic heterocycles. The van der Waals surface area contributed by atoms with E-state index in [1.54, 1.807) is 5.32 Å². The van der Waals surface area contributed by atoms with Gasteiger partial charge in [0, 0.05) is 6.92 Å². The molecule has 6 nitrogen and oxygen atoms in total. The van der Waals surface area contributed by atoms with Gasteiger partial charge in [-0.15, -0.1) is 0 Å². The zero-order valence-corrected chi connectivity index (χ0v) is 10.8. The Balaban J connectivity index is -0.000000167. The average molecular weight is 300 g/mol. The minimum absolute atomic E-state index is 0. The molecule has 0 aromatic carbocycles. The van der Waals surface area contributed by atoms with E-state index in [0.717, 1.165) is 6.92 Å². The maximum Gasteiger partial charge on any atom is 2.00 e. The molecular formula is C5H9BaNO5. The van der Waals surface area contributed by atoms with Crippen LogP contribution in [0.25, 0.3) is 0 Å². The van der Waals surface area contributed by atoms with E-state index in [1.165, 1.54) is 0 Å². The van der Waals surface area contributed by atoms with Crippen molar-refractivity contribution in [3.63, 3.8) is 0 Å². The molecule has 1 amide bonds. The summed E-state index contributed by atoms with van der Waals surface area (Å²) < 4.78 is 0. The van der Waals surface area contributed by atoms with Crippen molar-refractivity contribution in [2.45, 2.75) is 13.0 Å². The Labute approximate surface area is 111 Å². The Morgan fingerprint density at radius 3 is 1.67 bits per heavy atom. The van der Waals surface area contributed by atoms with E-state index in [9.17, 15) is 14.4 Å². The molecule has 0 fully saturated rings. The Kier molecular flexibility index (Phi) is 7.85. The molecule has 0 aromatic rings. The summed E-state index contributed by atoms with van der Waals surface area (Å²) in [6, 6.07) is -1.85. The van der Waals surface area contributed by atoms with Crippen LogP contribution in [0.4, 0.5) is 0 Å². The molecule has 0 saturated heterocycles. The second-order valence-corrected chi connectivity index (χ2v) is 1.81. The van der Waals surface area contributed by atoms with Gasteiger partial charge in [-0.2, -0.15) is 0 Å². The van der Waals surface area contributed by atoms with E-state index in [4.69, 9.17) is 10.2 Å². The van der Waals surface area contributed by atoms with Gasteiger partial charge < -0.3 is 18.4 Å². The summed E-state index contributed by atoms with van der Waals surface area (Å²) in [5, 5.41) is 18.1. The third-order valence-electron chi connectivity index (χ3n) is 0.842. The number of nitrogens with one attached hydrogen (secondary N) is 1. The predicted molar refractivity (Wildman–Crippen MR) is 40.9 cm³/mol. The van der Waals surface area contributed by atoms with E-state index in [0.29, 0.717) is 0 Å². The normalized spacial score (nSPS) is 8.50. The zero-order chi connectivity index (χ0) is 9.02. The van der Waals surface area contributed by atoms with Gasteiger partial charge in [0.25, 0.3) is 0 Å². The van der Waals surface area contributed by atoms with E-state index in [1.807, 2.05) is 0 Å². The molecule has 0 atom stereocenters. The second kappa shape index (κ2) is 6.49. The monoisotopic (exact) mass is 301 g/mol. The summed E-state index contributed by atoms with van der Waals surface area (Å²) in [5.74, 6) is -3.87. The van der Waals surface area contributed by atoms with Crippen LogP contribution < -0.4 is 5.32 Å². The van der Waals surface area contributed by atoms with Gasteiger partial charge in [0.05, 0.1) is 0 Å². The summed E-state index contributed by atoms with van der Waals surface area (Å²) >= 11 is 0. The van der Waals surface area contributed by atoms with Crippen LogP contribution in [0.5, 0.6) is 0 Å². The first-order valence-electron chi connectivity index (χ1n) is 2.68. The van der Waals surface area contributed by atoms with Gasteiger partial charge in [-0.1, -0.05) is 0 Å². The molecule has 0 rings (SSSR count). The molecular weight excluding hydrogens is 291 g/mol. The average Bonchev–Trinajstić information content (AvgIpc) is 1.81. The van der Waals surface area contributed by atoms with Gasteiger partial charge in [0.2, 0.25) is 11.9 Å². The van der Waals surface area contributed by atoms with Gasteiger partial charge in [0.15, 0.2) is 0 Å². The van der Waals surface area contributed by atoms with Crippen molar-refractivity contribution in [2.24, 2.45) is 0 Å². The topological polar surface area (TPSA) is 104 Å². The number of amides is 1. The maximum atomic E-state index is 10.2. The fourth-order valence-corrected chi connectivity index (χ4v) is 0.432. The van der Waals surface area contributed by atoms with Crippen molar-refractivity contribution in [1.29, 1.82) is 0 Å². The molecule has 0 aliphatic rings. The number of hydrogen-bond donors (Lipinski definition) is 3. The number of rotatable bonds is 3. The van der Waals surface area contributed by atoms with Crippen LogP contribution in [0.3, 0.4) is 0 Å². The standard InChI is InChI=1S/C5H7NO5.Ba.2H/c1-2(7)6-3(4(8)9)5(10)11;;;/h3H,1H3,(H,6,7)(H,8,9)(H,10,11);;;/q;+2;2*-1. The number of carboxylic acids is 2. The second-order valence-electron chi connectivity index (χ2n) is 1.81. The first-order chi connectivity index (χ1) is 4.95. The largest absolute Gasteiger partial charge is 2.00 e. The number of carbonyl (C=O) groups is 3. The zero-order valence-electron chi connectivity index (χ0n) is 8.40. The first kappa shape index (κ1) is 14.5. The van der Waals surface area contributed by atoms with Gasteiger partial charge in [-0.3, -0.25) is 4.79 Å². The number of aliphatic carboxylic acids is 2. The summed E-state index contributed by atoms with van der Waals surface area (Å²) in [6.07, 6.45) is 0. The molecule has 0 unspecified atom stereocenters. The minimum Gasteiger partial charge on any atom is -1.00 e. The molecule has 3 N–H and O–H groups in total. The Morgan fingerprint density at radius 1 is 1.25 bits per heavy atom. The molecule has 0 bridgehead atoms. The van der Waals surface area contributed by atoms with Crippen molar-refractivity contribution in [3.05, 3.63) is 0 Å². The quantitative estimate of drug-likeness (QED) is 0.435. The molecule has 7 heteroatoms. The fourth-order valence-electron chi connectivity index (χ4n) is 0.432. The number of hydrogen-bond acceptors (Lipinski definition) is 3. The first-order valence-corrected chi connectivity index (χ1v) is 2.68. The molecule has 0 aliphatic carbocycles. The van der Waals surface area contributed by atoms with Crippen molar-refractivity contribution < 1.29 is 27.4 Å². The Morgan fingerprint density at radius 2 is 1.58 bits per heavy atom. The van der Waals surface area contributed by atoms with Gasteiger partial charge in [-0.05, 0) is 0 Å². The molecule has 0 heterocycles. The fraction of sp³-hybridized carbons (Fsp3) is 0.400. The molecule has 12 heavy (non-hydrogen) atoms. The molecule has 0 saturated carbocycles. The van der Waals surface area contributed by atoms with Crippen LogP contribution in [-0.2, 0) is 14.4 Å². The van der Waals surface area contributed by atoms with Crippen LogP contribution in [-0.4, -0.2) is 83.0 Å². The summed E-state index contributed by atoms with van der Waals surface area (Å²) in [4.78, 5) is 30.4. The number of carbonyl (C=O) groups excluding carboxylic acids is 1. The van der Waals surface area contributed by atoms with Crippen LogP contribution in [0.2, 0.25) is 0 Å². The molecule has 0 radical (unpaired) electrons. The van der Waals surface area contributed by atoms with Crippen molar-refractivity contribution >= 4 is 66.7 Å². The van der Waals surface area contributed by atoms with Crippen molar-refractivity contribution in [3.8, 4) is 0 Å². The van der Waals surface area contributed by atoms with Crippen LogP contribution >= 0.6 is 0 Å². The van der Waals surface area contributed by atoms with Gasteiger partial charge >= 0.3 is 60.8 Å². The minimum atomic E-state index is -1.85. The van der Waals surface area contributed by atoms with E-state index in [-0.39, 0.29) is 51.7 Å². The van der Waals surface area contributed by atoms with Crippen LogP contribution in [0, 0.1) is 0 Å². The predicted octanol–water partition coefficient (Wildman–Crippen LogP) is -1.50. The third kappa shape index (κ3) is 5.61. The van der Waals surface area contributed by atoms with E-state index >= 15 is 0 Å². The maximum absolute atomic E-state index is 10.2. The van der Waals surface area contributed by atoms with Crippen LogP contribution in [0.1, 0.15) is 9.78 Å². The van der Waals surface area contributed by atoms with E-state index < -0.39 is 23.9 Å². The molecule has 66 valence electrons. The Bertz CT molecular complexity index is 198. The SMILES string of the molecule is CC(=O)NC(C(=O)O)C(=O)O.[Ba+2].[H-].[H-]. The third-order valence-corrected chi connectivity index (χ3v) is 0.842. The molecule has 0 spiro atoms.